The van der Waals surface area contributed by atoms with Crippen LogP contribution < -0.4 is 10.6 Å². The summed E-state index contributed by atoms with van der Waals surface area (Å²) in [4.78, 5) is 24.4. The Kier molecular flexibility index (Phi) is 4.43. The van der Waals surface area contributed by atoms with Gasteiger partial charge in [-0.15, -0.1) is 11.3 Å². The van der Waals surface area contributed by atoms with Gasteiger partial charge in [-0.2, -0.15) is 0 Å². The Morgan fingerprint density at radius 3 is 2.05 bits per heavy atom. The summed E-state index contributed by atoms with van der Waals surface area (Å²) in [5.41, 5.74) is 0.835. The quantitative estimate of drug-likeness (QED) is 0.906. The number of rotatable bonds is 4. The van der Waals surface area contributed by atoms with E-state index in [0.717, 1.165) is 4.88 Å². The lowest BCUT2D eigenvalue weighted by Crippen LogP contribution is -2.33. The molecule has 0 atom stereocenters. The van der Waals surface area contributed by atoms with Crippen molar-refractivity contribution < 1.29 is 9.59 Å². The van der Waals surface area contributed by atoms with Gasteiger partial charge in [0.15, 0.2) is 0 Å². The fraction of sp³-hybridized carbons (Fsp3) is 0.250. The number of carbonyl (C=O) groups is 2. The molecule has 0 aliphatic rings. The first-order chi connectivity index (χ1) is 9.89. The molecule has 2 amide bonds. The van der Waals surface area contributed by atoms with Crippen LogP contribution in [-0.2, 0) is 15.0 Å². The largest absolute Gasteiger partial charge is 0.326 e. The number of carbonyl (C=O) groups excluding carboxylic acids is 2. The number of amides is 2. The number of anilines is 2. The van der Waals surface area contributed by atoms with Gasteiger partial charge >= 0.3 is 0 Å². The van der Waals surface area contributed by atoms with Gasteiger partial charge in [0, 0.05) is 23.2 Å². The van der Waals surface area contributed by atoms with E-state index >= 15 is 0 Å². The molecule has 4 nitrogen and oxygen atoms in total. The van der Waals surface area contributed by atoms with Crippen LogP contribution in [0.2, 0.25) is 0 Å². The molecule has 0 aliphatic carbocycles. The second kappa shape index (κ2) is 6.10. The lowest BCUT2D eigenvalue weighted by atomic mass is 9.90. The first-order valence-corrected chi connectivity index (χ1v) is 7.50. The summed E-state index contributed by atoms with van der Waals surface area (Å²) in [7, 11) is 0. The predicted molar refractivity (Wildman–Crippen MR) is 86.7 cm³/mol. The standard InChI is InChI=1S/C16H18N2O2S/c1-11(19)17-12-6-8-13(9-7-12)18-15(20)16(2,3)14-5-4-10-21-14/h4-10H,1-3H3,(H,17,19)(H,18,20). The maximum absolute atomic E-state index is 12.4. The van der Waals surface area contributed by atoms with Crippen LogP contribution in [0.15, 0.2) is 41.8 Å². The predicted octanol–water partition coefficient (Wildman–Crippen LogP) is 3.62. The minimum Gasteiger partial charge on any atom is -0.326 e. The van der Waals surface area contributed by atoms with Crippen molar-refractivity contribution in [1.82, 2.24) is 0 Å². The van der Waals surface area contributed by atoms with E-state index in [1.807, 2.05) is 31.4 Å². The minimum atomic E-state index is -0.579. The maximum Gasteiger partial charge on any atom is 0.235 e. The zero-order valence-corrected chi connectivity index (χ0v) is 13.1. The van der Waals surface area contributed by atoms with Gasteiger partial charge in [0.05, 0.1) is 5.41 Å². The van der Waals surface area contributed by atoms with Gasteiger partial charge in [-0.1, -0.05) is 6.07 Å². The van der Waals surface area contributed by atoms with E-state index in [1.54, 1.807) is 35.6 Å². The van der Waals surface area contributed by atoms with E-state index in [-0.39, 0.29) is 11.8 Å². The normalized spacial score (nSPS) is 11.0. The summed E-state index contributed by atoms with van der Waals surface area (Å²) >= 11 is 1.57. The third-order valence-electron chi connectivity index (χ3n) is 3.17. The summed E-state index contributed by atoms with van der Waals surface area (Å²) in [5, 5.41) is 7.56. The van der Waals surface area contributed by atoms with Gasteiger partial charge in [-0.25, -0.2) is 0 Å². The highest BCUT2D eigenvalue weighted by Gasteiger charge is 2.30. The fourth-order valence-corrected chi connectivity index (χ4v) is 2.72. The Morgan fingerprint density at radius 1 is 1.00 bits per heavy atom. The van der Waals surface area contributed by atoms with Crippen LogP contribution in [0.3, 0.4) is 0 Å². The summed E-state index contributed by atoms with van der Waals surface area (Å²) in [6.07, 6.45) is 0. The molecule has 0 aliphatic heterocycles. The van der Waals surface area contributed by atoms with E-state index in [1.165, 1.54) is 6.92 Å². The third-order valence-corrected chi connectivity index (χ3v) is 4.36. The molecular weight excluding hydrogens is 284 g/mol. The minimum absolute atomic E-state index is 0.0581. The smallest absolute Gasteiger partial charge is 0.235 e. The van der Waals surface area contributed by atoms with E-state index in [9.17, 15) is 9.59 Å². The van der Waals surface area contributed by atoms with E-state index in [2.05, 4.69) is 10.6 Å². The van der Waals surface area contributed by atoms with Crippen LogP contribution in [0.4, 0.5) is 11.4 Å². The molecule has 5 heteroatoms. The highest BCUT2D eigenvalue weighted by atomic mass is 32.1. The molecule has 0 radical (unpaired) electrons. The highest BCUT2D eigenvalue weighted by molar-refractivity contribution is 7.10. The average molecular weight is 302 g/mol. The van der Waals surface area contributed by atoms with Gasteiger partial charge in [0.1, 0.15) is 0 Å². The zero-order valence-electron chi connectivity index (χ0n) is 12.3. The van der Waals surface area contributed by atoms with Crippen molar-refractivity contribution in [2.24, 2.45) is 0 Å². The van der Waals surface area contributed by atoms with Crippen LogP contribution >= 0.6 is 11.3 Å². The lowest BCUT2D eigenvalue weighted by molar-refractivity contribution is -0.120. The van der Waals surface area contributed by atoms with Gasteiger partial charge in [0.25, 0.3) is 0 Å². The summed E-state index contributed by atoms with van der Waals surface area (Å²) in [6, 6.07) is 11.0. The van der Waals surface area contributed by atoms with E-state index in [0.29, 0.717) is 11.4 Å². The van der Waals surface area contributed by atoms with E-state index < -0.39 is 5.41 Å². The molecule has 1 aromatic carbocycles. The monoisotopic (exact) mass is 302 g/mol. The molecule has 2 aromatic rings. The van der Waals surface area contributed by atoms with Crippen molar-refractivity contribution in [3.8, 4) is 0 Å². The zero-order chi connectivity index (χ0) is 15.5. The molecule has 0 fully saturated rings. The number of hydrogen-bond donors (Lipinski definition) is 2. The molecule has 2 N–H and O–H groups in total. The van der Waals surface area contributed by atoms with E-state index in [4.69, 9.17) is 0 Å². The van der Waals surface area contributed by atoms with Crippen molar-refractivity contribution >= 4 is 34.5 Å². The SMILES string of the molecule is CC(=O)Nc1ccc(NC(=O)C(C)(C)c2cccs2)cc1. The second-order valence-electron chi connectivity index (χ2n) is 5.31. The van der Waals surface area contributed by atoms with Crippen LogP contribution in [-0.4, -0.2) is 11.8 Å². The topological polar surface area (TPSA) is 58.2 Å². The average Bonchev–Trinajstić information content (AvgIpc) is 2.95. The summed E-state index contributed by atoms with van der Waals surface area (Å²) in [5.74, 6) is -0.178. The fourth-order valence-electron chi connectivity index (χ4n) is 1.87. The van der Waals surface area contributed by atoms with Crippen LogP contribution in [0.25, 0.3) is 0 Å². The number of benzene rings is 1. The first kappa shape index (κ1) is 15.3. The molecular formula is C16H18N2O2S. The maximum atomic E-state index is 12.4. The lowest BCUT2D eigenvalue weighted by Gasteiger charge is -2.22. The van der Waals surface area contributed by atoms with Gasteiger partial charge in [0.2, 0.25) is 11.8 Å². The van der Waals surface area contributed by atoms with Crippen LogP contribution in [0, 0.1) is 0 Å². The van der Waals surface area contributed by atoms with Crippen LogP contribution in [0.5, 0.6) is 0 Å². The molecule has 0 saturated heterocycles. The molecule has 1 aromatic heterocycles. The number of hydrogen-bond acceptors (Lipinski definition) is 3. The molecule has 0 bridgehead atoms. The molecule has 0 saturated carbocycles. The molecule has 0 unspecified atom stereocenters. The number of thiophene rings is 1. The number of nitrogens with one attached hydrogen (secondary N) is 2. The molecule has 110 valence electrons. The molecule has 2 rings (SSSR count). The van der Waals surface area contributed by atoms with Crippen molar-refractivity contribution in [2.75, 3.05) is 10.6 Å². The Hall–Kier alpha value is -2.14. The van der Waals surface area contributed by atoms with Crippen LogP contribution in [0.1, 0.15) is 25.6 Å². The van der Waals surface area contributed by atoms with Gasteiger partial charge in [-0.05, 0) is 49.6 Å². The Bertz CT molecular complexity index is 631. The highest BCUT2D eigenvalue weighted by Crippen LogP contribution is 2.29. The Morgan fingerprint density at radius 2 is 1.57 bits per heavy atom. The Balaban J connectivity index is 2.07. The Labute approximate surface area is 128 Å². The third kappa shape index (κ3) is 3.70. The molecule has 0 spiro atoms. The second-order valence-corrected chi connectivity index (χ2v) is 6.26. The van der Waals surface area contributed by atoms with Gasteiger partial charge < -0.3 is 10.6 Å². The molecule has 21 heavy (non-hydrogen) atoms. The van der Waals surface area contributed by atoms with Crippen molar-refractivity contribution in [2.45, 2.75) is 26.2 Å². The summed E-state index contributed by atoms with van der Waals surface area (Å²) < 4.78 is 0. The first-order valence-electron chi connectivity index (χ1n) is 6.62. The van der Waals surface area contributed by atoms with Crippen molar-refractivity contribution in [3.05, 3.63) is 46.7 Å². The van der Waals surface area contributed by atoms with Gasteiger partial charge in [-0.3, -0.25) is 9.59 Å². The molecule has 1 heterocycles. The van der Waals surface area contributed by atoms with Crippen molar-refractivity contribution in [3.63, 3.8) is 0 Å². The summed E-state index contributed by atoms with van der Waals surface area (Å²) in [6.45, 7) is 5.26. The van der Waals surface area contributed by atoms with Crippen molar-refractivity contribution in [1.29, 1.82) is 0 Å².